The number of alkyl halides is 3. The number of pyridine rings is 1. The molecule has 44 heavy (non-hydrogen) atoms. The van der Waals surface area contributed by atoms with Crippen molar-refractivity contribution in [2.24, 2.45) is 5.92 Å². The van der Waals surface area contributed by atoms with E-state index in [0.717, 1.165) is 40.5 Å². The van der Waals surface area contributed by atoms with E-state index in [9.17, 15) is 22.8 Å². The first kappa shape index (κ1) is 34.1. The zero-order chi connectivity index (χ0) is 32.4. The summed E-state index contributed by atoms with van der Waals surface area (Å²) in [5.41, 5.74) is 1.29. The van der Waals surface area contributed by atoms with Gasteiger partial charge in [-0.05, 0) is 71.4 Å². The Kier molecular flexibility index (Phi) is 10.3. The number of carbonyl (C=O) groups is 2. The second kappa shape index (κ2) is 13.3. The maximum atomic E-state index is 13.4. The molecule has 1 aliphatic heterocycles. The molecule has 0 unspecified atom stereocenters. The Morgan fingerprint density at radius 1 is 1.14 bits per heavy atom. The minimum absolute atomic E-state index is 0.00792. The van der Waals surface area contributed by atoms with Crippen LogP contribution in [0.2, 0.25) is 25.7 Å². The largest absolute Gasteiger partial charge is 0.444 e. The number of anilines is 1. The van der Waals surface area contributed by atoms with E-state index in [-0.39, 0.29) is 24.4 Å². The van der Waals surface area contributed by atoms with Gasteiger partial charge in [0.25, 0.3) is 5.91 Å². The van der Waals surface area contributed by atoms with Crippen molar-refractivity contribution in [3.05, 3.63) is 24.0 Å². The minimum Gasteiger partial charge on any atom is -0.444 e. The molecular weight excluding hydrogens is 591 g/mol. The fraction of sp³-hybridized carbons (Fsp3) is 0.710. The van der Waals surface area contributed by atoms with Crippen molar-refractivity contribution < 1.29 is 32.2 Å². The molecule has 2 aromatic heterocycles. The number of rotatable bonds is 10. The molecule has 3 heterocycles. The molecular formula is C31H48F3N5O4Si. The third kappa shape index (κ3) is 8.67. The third-order valence-electron chi connectivity index (χ3n) is 8.25. The van der Waals surface area contributed by atoms with Gasteiger partial charge in [0.15, 0.2) is 0 Å². The van der Waals surface area contributed by atoms with E-state index in [0.29, 0.717) is 45.0 Å². The van der Waals surface area contributed by atoms with Gasteiger partial charge in [0.05, 0.1) is 17.9 Å². The molecule has 0 spiro atoms. The van der Waals surface area contributed by atoms with Crippen LogP contribution >= 0.6 is 0 Å². The minimum atomic E-state index is -4.52. The van der Waals surface area contributed by atoms with Crippen molar-refractivity contribution in [2.45, 2.75) is 104 Å². The lowest BCUT2D eigenvalue weighted by Crippen LogP contribution is -2.52. The number of halogens is 3. The number of aromatic nitrogens is 2. The van der Waals surface area contributed by atoms with Gasteiger partial charge in [-0.3, -0.25) is 9.69 Å². The molecule has 2 aromatic rings. The molecule has 13 heteroatoms. The average Bonchev–Trinajstić information content (AvgIpc) is 3.32. The Hall–Kier alpha value is -2.80. The molecule has 2 amide bonds. The van der Waals surface area contributed by atoms with Crippen LogP contribution in [0.25, 0.3) is 11.0 Å². The van der Waals surface area contributed by atoms with Crippen LogP contribution in [-0.4, -0.2) is 90.2 Å². The summed E-state index contributed by atoms with van der Waals surface area (Å²) in [5, 5.41) is 0.892. The Morgan fingerprint density at radius 2 is 1.82 bits per heavy atom. The summed E-state index contributed by atoms with van der Waals surface area (Å²) in [7, 11) is -1.21. The summed E-state index contributed by atoms with van der Waals surface area (Å²) in [6.45, 7) is 14.5. The highest BCUT2D eigenvalue weighted by Crippen LogP contribution is 2.40. The molecule has 1 saturated carbocycles. The maximum Gasteiger partial charge on any atom is 0.410 e. The SMILES string of the molecule is CCN1CN(C2CCC(CN(CC(F)(F)F)C(=O)OC(C)(C)C)CC2)c2c(cnc3c2ccn3COCC[Si](C)(C)C)C1=O. The second-order valence-electron chi connectivity index (χ2n) is 14.3. The first-order chi connectivity index (χ1) is 20.5. The molecule has 4 rings (SSSR count). The van der Waals surface area contributed by atoms with Crippen molar-refractivity contribution in [3.8, 4) is 0 Å². The Morgan fingerprint density at radius 3 is 2.41 bits per heavy atom. The molecule has 0 atom stereocenters. The highest BCUT2D eigenvalue weighted by atomic mass is 28.3. The smallest absolute Gasteiger partial charge is 0.410 e. The lowest BCUT2D eigenvalue weighted by molar-refractivity contribution is -0.146. The summed E-state index contributed by atoms with van der Waals surface area (Å²) in [4.78, 5) is 35.6. The maximum absolute atomic E-state index is 13.4. The molecule has 0 aromatic carbocycles. The highest BCUT2D eigenvalue weighted by molar-refractivity contribution is 6.76. The Labute approximate surface area is 259 Å². The summed E-state index contributed by atoms with van der Waals surface area (Å²) < 4.78 is 53.3. The number of amides is 2. The number of ether oxygens (including phenoxy) is 2. The van der Waals surface area contributed by atoms with Gasteiger partial charge in [0.1, 0.15) is 24.5 Å². The van der Waals surface area contributed by atoms with Crippen molar-refractivity contribution in [1.29, 1.82) is 0 Å². The number of fused-ring (bicyclic) bond motifs is 3. The number of hydrogen-bond acceptors (Lipinski definition) is 6. The van der Waals surface area contributed by atoms with Crippen LogP contribution in [0.5, 0.6) is 0 Å². The van der Waals surface area contributed by atoms with Crippen LogP contribution in [0, 0.1) is 5.92 Å². The summed E-state index contributed by atoms with van der Waals surface area (Å²) >= 11 is 0. The van der Waals surface area contributed by atoms with Crippen molar-refractivity contribution in [3.63, 3.8) is 0 Å². The Balaban J connectivity index is 1.51. The summed E-state index contributed by atoms with van der Waals surface area (Å²) in [6.07, 6.45) is 0.934. The molecule has 0 saturated heterocycles. The second-order valence-corrected chi connectivity index (χ2v) is 19.9. The first-order valence-corrected chi connectivity index (χ1v) is 19.3. The monoisotopic (exact) mass is 639 g/mol. The fourth-order valence-electron chi connectivity index (χ4n) is 5.96. The van der Waals surface area contributed by atoms with Gasteiger partial charge in [-0.1, -0.05) is 19.6 Å². The van der Waals surface area contributed by atoms with E-state index in [1.807, 2.05) is 23.8 Å². The number of hydrogen-bond donors (Lipinski definition) is 0. The molecule has 0 radical (unpaired) electrons. The van der Waals surface area contributed by atoms with Crippen LogP contribution in [0.1, 0.15) is 63.7 Å². The van der Waals surface area contributed by atoms with Crippen molar-refractivity contribution >= 4 is 36.8 Å². The third-order valence-corrected chi connectivity index (χ3v) is 9.96. The van der Waals surface area contributed by atoms with Gasteiger partial charge in [0.2, 0.25) is 0 Å². The molecule has 1 fully saturated rings. The zero-order valence-electron chi connectivity index (χ0n) is 27.2. The molecule has 246 valence electrons. The summed E-state index contributed by atoms with van der Waals surface area (Å²) in [6, 6.07) is 3.15. The summed E-state index contributed by atoms with van der Waals surface area (Å²) in [5.74, 6) is -0.137. The number of carbonyl (C=O) groups excluding carboxylic acids is 2. The normalized spacial score (nSPS) is 19.8. The quantitative estimate of drug-likeness (QED) is 0.207. The van der Waals surface area contributed by atoms with Gasteiger partial charge >= 0.3 is 12.3 Å². The lowest BCUT2D eigenvalue weighted by atomic mass is 9.84. The molecule has 0 bridgehead atoms. The van der Waals surface area contributed by atoms with Crippen LogP contribution in [0.4, 0.5) is 23.7 Å². The molecule has 9 nitrogen and oxygen atoms in total. The van der Waals surface area contributed by atoms with Gasteiger partial charge in [-0.15, -0.1) is 0 Å². The average molecular weight is 640 g/mol. The van der Waals surface area contributed by atoms with E-state index >= 15 is 0 Å². The van der Waals surface area contributed by atoms with E-state index < -0.39 is 32.5 Å². The number of nitrogens with zero attached hydrogens (tertiary/aromatic N) is 5. The van der Waals surface area contributed by atoms with Crippen molar-refractivity contribution in [2.75, 3.05) is 37.8 Å². The Bertz CT molecular complexity index is 1310. The lowest BCUT2D eigenvalue weighted by Gasteiger charge is -2.45. The van der Waals surface area contributed by atoms with Gasteiger partial charge in [-0.25, -0.2) is 9.78 Å². The predicted molar refractivity (Wildman–Crippen MR) is 168 cm³/mol. The zero-order valence-corrected chi connectivity index (χ0v) is 28.2. The van der Waals surface area contributed by atoms with Gasteiger partial charge < -0.3 is 23.8 Å². The van der Waals surface area contributed by atoms with E-state index in [1.165, 1.54) is 0 Å². The first-order valence-electron chi connectivity index (χ1n) is 15.6. The highest BCUT2D eigenvalue weighted by Gasteiger charge is 2.39. The van der Waals surface area contributed by atoms with E-state index in [2.05, 4.69) is 29.5 Å². The van der Waals surface area contributed by atoms with Gasteiger partial charge in [-0.2, -0.15) is 13.2 Å². The van der Waals surface area contributed by atoms with Crippen LogP contribution in [-0.2, 0) is 16.2 Å². The van der Waals surface area contributed by atoms with Crippen LogP contribution in [0.3, 0.4) is 0 Å². The van der Waals surface area contributed by atoms with Crippen LogP contribution in [0.15, 0.2) is 18.5 Å². The van der Waals surface area contributed by atoms with E-state index in [1.54, 1.807) is 31.9 Å². The van der Waals surface area contributed by atoms with E-state index in [4.69, 9.17) is 9.47 Å². The van der Waals surface area contributed by atoms with Crippen molar-refractivity contribution in [1.82, 2.24) is 19.4 Å². The van der Waals surface area contributed by atoms with Crippen LogP contribution < -0.4 is 4.90 Å². The predicted octanol–water partition coefficient (Wildman–Crippen LogP) is 6.95. The molecule has 2 aliphatic rings. The molecule has 1 aliphatic carbocycles. The van der Waals surface area contributed by atoms with Gasteiger partial charge in [0, 0.05) is 51.6 Å². The molecule has 0 N–H and O–H groups in total. The fourth-order valence-corrected chi connectivity index (χ4v) is 6.72. The topological polar surface area (TPSA) is 80.1 Å². The standard InChI is InChI=1S/C31H48F3N5O4Si/c1-8-36-20-39(23-11-9-22(10-12-23)18-38(19-31(32,33)34)29(41)43-30(2,3)4)26-24-13-14-37(21-42-15-16-44(5,6)7)27(24)35-17-25(26)28(36)40/h13-14,17,22-23H,8-12,15-16,18-21H2,1-7H3.